The Bertz CT molecular complexity index is 665. The zero-order valence-electron chi connectivity index (χ0n) is 14.1. The van der Waals surface area contributed by atoms with E-state index < -0.39 is 12.6 Å². The maximum Gasteiger partial charge on any atom is 0.390 e. The molecule has 2 N–H and O–H groups in total. The second kappa shape index (κ2) is 9.10. The predicted molar refractivity (Wildman–Crippen MR) is 91.3 cm³/mol. The van der Waals surface area contributed by atoms with Gasteiger partial charge in [0.1, 0.15) is 0 Å². The number of hydrogen-bond donors (Lipinski definition) is 2. The smallest absolute Gasteiger partial charge is 0.357 e. The number of aliphatic imine (C=N–C) groups is 1. The van der Waals surface area contributed by atoms with Gasteiger partial charge in [0.2, 0.25) is 0 Å². The SMILES string of the molecule is CCNC(=NCc1cccc(Cn2cccn2)c1)NCCC(F)(F)F. The summed E-state index contributed by atoms with van der Waals surface area (Å²) in [4.78, 5) is 4.35. The fourth-order valence-electron chi connectivity index (χ4n) is 2.24. The maximum absolute atomic E-state index is 12.2. The summed E-state index contributed by atoms with van der Waals surface area (Å²) < 4.78 is 38.5. The van der Waals surface area contributed by atoms with Crippen LogP contribution in [0.2, 0.25) is 0 Å². The van der Waals surface area contributed by atoms with Gasteiger partial charge >= 0.3 is 6.18 Å². The average Bonchev–Trinajstić information content (AvgIpc) is 3.05. The molecule has 1 heterocycles. The summed E-state index contributed by atoms with van der Waals surface area (Å²) in [5, 5.41) is 9.82. The van der Waals surface area contributed by atoms with Crippen molar-refractivity contribution in [3.8, 4) is 0 Å². The van der Waals surface area contributed by atoms with Crippen molar-refractivity contribution in [1.82, 2.24) is 20.4 Å². The fraction of sp³-hybridized carbons (Fsp3) is 0.412. The van der Waals surface area contributed by atoms with Crippen LogP contribution in [0, 0.1) is 0 Å². The van der Waals surface area contributed by atoms with E-state index in [0.29, 0.717) is 25.6 Å². The highest BCUT2D eigenvalue weighted by atomic mass is 19.4. The van der Waals surface area contributed by atoms with E-state index in [1.807, 2.05) is 48.1 Å². The van der Waals surface area contributed by atoms with Crippen LogP contribution in [0.15, 0.2) is 47.7 Å². The zero-order chi connectivity index (χ0) is 18.1. The summed E-state index contributed by atoms with van der Waals surface area (Å²) in [6.07, 6.45) is -1.45. The highest BCUT2D eigenvalue weighted by molar-refractivity contribution is 5.79. The molecule has 0 fully saturated rings. The second-order valence-corrected chi connectivity index (χ2v) is 5.51. The fourth-order valence-corrected chi connectivity index (χ4v) is 2.24. The van der Waals surface area contributed by atoms with E-state index in [1.165, 1.54) is 0 Å². The molecule has 0 amide bonds. The highest BCUT2D eigenvalue weighted by Gasteiger charge is 2.26. The summed E-state index contributed by atoms with van der Waals surface area (Å²) in [7, 11) is 0. The third-order valence-corrected chi connectivity index (χ3v) is 3.36. The normalized spacial score (nSPS) is 12.2. The van der Waals surface area contributed by atoms with E-state index in [9.17, 15) is 13.2 Å². The molecular weight excluding hydrogens is 331 g/mol. The van der Waals surface area contributed by atoms with Crippen LogP contribution in [0.5, 0.6) is 0 Å². The van der Waals surface area contributed by atoms with Gasteiger partial charge in [-0.05, 0) is 24.1 Å². The number of rotatable bonds is 7. The molecule has 8 heteroatoms. The van der Waals surface area contributed by atoms with Crippen LogP contribution in [0.1, 0.15) is 24.5 Å². The lowest BCUT2D eigenvalue weighted by atomic mass is 10.1. The Hall–Kier alpha value is -2.51. The summed E-state index contributed by atoms with van der Waals surface area (Å²) in [5.41, 5.74) is 2.07. The van der Waals surface area contributed by atoms with Crippen LogP contribution in [-0.4, -0.2) is 35.0 Å². The maximum atomic E-state index is 12.2. The van der Waals surface area contributed by atoms with Gasteiger partial charge in [0.25, 0.3) is 0 Å². The molecule has 0 atom stereocenters. The van der Waals surface area contributed by atoms with Crippen molar-refractivity contribution < 1.29 is 13.2 Å². The van der Waals surface area contributed by atoms with Gasteiger partial charge in [0.05, 0.1) is 19.5 Å². The molecule has 0 aliphatic carbocycles. The Morgan fingerprint density at radius 1 is 1.20 bits per heavy atom. The molecule has 25 heavy (non-hydrogen) atoms. The topological polar surface area (TPSA) is 54.2 Å². The van der Waals surface area contributed by atoms with Crippen molar-refractivity contribution in [2.75, 3.05) is 13.1 Å². The Kier molecular flexibility index (Phi) is 6.85. The molecule has 0 spiro atoms. The Labute approximate surface area is 145 Å². The minimum atomic E-state index is -4.18. The lowest BCUT2D eigenvalue weighted by molar-refractivity contribution is -0.132. The predicted octanol–water partition coefficient (Wildman–Crippen LogP) is 2.94. The first kappa shape index (κ1) is 18.8. The van der Waals surface area contributed by atoms with Crippen LogP contribution in [0.25, 0.3) is 0 Å². The Balaban J connectivity index is 1.94. The first-order valence-corrected chi connectivity index (χ1v) is 8.10. The number of halogens is 3. The molecule has 1 aromatic heterocycles. The van der Waals surface area contributed by atoms with Crippen molar-refractivity contribution in [2.45, 2.75) is 32.6 Å². The number of benzene rings is 1. The zero-order valence-corrected chi connectivity index (χ0v) is 14.1. The standard InChI is InChI=1S/C17H22F3N5/c1-2-21-16(22-9-7-17(18,19)20)23-12-14-5-3-6-15(11-14)13-25-10-4-8-24-25/h3-6,8,10-11H,2,7,9,12-13H2,1H3,(H2,21,22,23). The molecule has 5 nitrogen and oxygen atoms in total. The molecule has 2 rings (SSSR count). The first-order chi connectivity index (χ1) is 12.0. The average molecular weight is 353 g/mol. The molecule has 1 aromatic carbocycles. The lowest BCUT2D eigenvalue weighted by Gasteiger charge is -2.12. The van der Waals surface area contributed by atoms with Gasteiger partial charge in [0, 0.05) is 25.5 Å². The number of aromatic nitrogens is 2. The minimum Gasteiger partial charge on any atom is -0.357 e. The van der Waals surface area contributed by atoms with Crippen LogP contribution in [0.4, 0.5) is 13.2 Å². The molecule has 0 radical (unpaired) electrons. The van der Waals surface area contributed by atoms with Gasteiger partial charge in [-0.2, -0.15) is 18.3 Å². The van der Waals surface area contributed by atoms with Gasteiger partial charge in [0.15, 0.2) is 5.96 Å². The first-order valence-electron chi connectivity index (χ1n) is 8.10. The number of nitrogens with one attached hydrogen (secondary N) is 2. The third kappa shape index (κ3) is 7.28. The minimum absolute atomic E-state index is 0.200. The Morgan fingerprint density at radius 3 is 2.68 bits per heavy atom. The summed E-state index contributed by atoms with van der Waals surface area (Å²) >= 11 is 0. The van der Waals surface area contributed by atoms with E-state index >= 15 is 0 Å². The van der Waals surface area contributed by atoms with Gasteiger partial charge in [-0.1, -0.05) is 24.3 Å². The lowest BCUT2D eigenvalue weighted by Crippen LogP contribution is -2.38. The quantitative estimate of drug-likeness (QED) is 0.594. The molecule has 0 saturated heterocycles. The summed E-state index contributed by atoms with van der Waals surface area (Å²) in [5.74, 6) is 0.379. The van der Waals surface area contributed by atoms with Crippen molar-refractivity contribution in [1.29, 1.82) is 0 Å². The van der Waals surface area contributed by atoms with Crippen molar-refractivity contribution >= 4 is 5.96 Å². The summed E-state index contributed by atoms with van der Waals surface area (Å²) in [6, 6.07) is 9.76. The largest absolute Gasteiger partial charge is 0.390 e. The molecule has 0 aliphatic rings. The van der Waals surface area contributed by atoms with E-state index in [4.69, 9.17) is 0 Å². The molecule has 0 saturated carbocycles. The molecule has 0 aliphatic heterocycles. The van der Waals surface area contributed by atoms with Crippen molar-refractivity contribution in [3.63, 3.8) is 0 Å². The second-order valence-electron chi connectivity index (χ2n) is 5.51. The van der Waals surface area contributed by atoms with E-state index in [1.54, 1.807) is 6.20 Å². The summed E-state index contributed by atoms with van der Waals surface area (Å²) in [6.45, 7) is 3.29. The number of nitrogens with zero attached hydrogens (tertiary/aromatic N) is 3. The van der Waals surface area contributed by atoms with Crippen LogP contribution < -0.4 is 10.6 Å². The van der Waals surface area contributed by atoms with Gasteiger partial charge in [-0.25, -0.2) is 4.99 Å². The molecule has 0 bridgehead atoms. The van der Waals surface area contributed by atoms with Crippen LogP contribution >= 0.6 is 0 Å². The van der Waals surface area contributed by atoms with E-state index in [-0.39, 0.29) is 6.54 Å². The number of guanidine groups is 1. The molecule has 136 valence electrons. The van der Waals surface area contributed by atoms with E-state index in [2.05, 4.69) is 20.7 Å². The van der Waals surface area contributed by atoms with Crippen molar-refractivity contribution in [3.05, 3.63) is 53.9 Å². The molecular formula is C17H22F3N5. The highest BCUT2D eigenvalue weighted by Crippen LogP contribution is 2.18. The third-order valence-electron chi connectivity index (χ3n) is 3.36. The van der Waals surface area contributed by atoms with Gasteiger partial charge in [-0.3, -0.25) is 4.68 Å². The molecule has 2 aromatic rings. The van der Waals surface area contributed by atoms with Gasteiger partial charge < -0.3 is 10.6 Å². The monoisotopic (exact) mass is 353 g/mol. The van der Waals surface area contributed by atoms with Gasteiger partial charge in [-0.15, -0.1) is 0 Å². The number of hydrogen-bond acceptors (Lipinski definition) is 2. The molecule has 0 unspecified atom stereocenters. The Morgan fingerprint density at radius 2 is 2.00 bits per heavy atom. The number of alkyl halides is 3. The van der Waals surface area contributed by atoms with E-state index in [0.717, 1.165) is 11.1 Å². The van der Waals surface area contributed by atoms with Crippen LogP contribution in [-0.2, 0) is 13.1 Å². The van der Waals surface area contributed by atoms with Crippen molar-refractivity contribution in [2.24, 2.45) is 4.99 Å². The van der Waals surface area contributed by atoms with Crippen LogP contribution in [0.3, 0.4) is 0 Å².